The van der Waals surface area contributed by atoms with Gasteiger partial charge in [0, 0.05) is 18.8 Å². The number of carbonyl (C=O) groups excluding carboxylic acids is 1. The molecule has 0 saturated carbocycles. The van der Waals surface area contributed by atoms with Gasteiger partial charge in [0.2, 0.25) is 5.88 Å². The summed E-state index contributed by atoms with van der Waals surface area (Å²) >= 11 is 0. The number of methoxy groups -OCH3 is 1. The first-order valence-electron chi connectivity index (χ1n) is 6.90. The van der Waals surface area contributed by atoms with Gasteiger partial charge < -0.3 is 14.4 Å². The number of nitrogens with zero attached hydrogens (tertiary/aromatic N) is 2. The molecule has 1 amide bonds. The van der Waals surface area contributed by atoms with Gasteiger partial charge in [-0.2, -0.15) is 0 Å². The molecule has 5 nitrogen and oxygen atoms in total. The minimum absolute atomic E-state index is 0.0447. The van der Waals surface area contributed by atoms with Crippen LogP contribution in [0.5, 0.6) is 5.88 Å². The Morgan fingerprint density at radius 3 is 2.70 bits per heavy atom. The van der Waals surface area contributed by atoms with Gasteiger partial charge in [0.1, 0.15) is 5.60 Å². The molecule has 1 aromatic rings. The van der Waals surface area contributed by atoms with Crippen LogP contribution in [0.4, 0.5) is 4.79 Å². The second kappa shape index (κ2) is 5.69. The van der Waals surface area contributed by atoms with Gasteiger partial charge in [-0.25, -0.2) is 9.78 Å². The highest BCUT2D eigenvalue weighted by atomic mass is 16.6. The smallest absolute Gasteiger partial charge is 0.410 e. The zero-order valence-corrected chi connectivity index (χ0v) is 12.5. The molecule has 0 bridgehead atoms. The van der Waals surface area contributed by atoms with Gasteiger partial charge in [-0.05, 0) is 39.2 Å². The van der Waals surface area contributed by atoms with E-state index in [0.717, 1.165) is 24.9 Å². The fourth-order valence-corrected chi connectivity index (χ4v) is 2.36. The quantitative estimate of drug-likeness (QED) is 0.833. The molecule has 5 heteroatoms. The van der Waals surface area contributed by atoms with E-state index in [2.05, 4.69) is 4.98 Å². The van der Waals surface area contributed by atoms with Crippen molar-refractivity contribution in [1.29, 1.82) is 0 Å². The summed E-state index contributed by atoms with van der Waals surface area (Å²) in [6.07, 6.45) is 3.44. The average molecular weight is 278 g/mol. The van der Waals surface area contributed by atoms with E-state index < -0.39 is 5.60 Å². The van der Waals surface area contributed by atoms with Crippen LogP contribution in [0.1, 0.15) is 45.2 Å². The number of carbonyl (C=O) groups is 1. The van der Waals surface area contributed by atoms with E-state index in [1.54, 1.807) is 18.2 Å². The lowest BCUT2D eigenvalue weighted by molar-refractivity contribution is 0.0224. The fourth-order valence-electron chi connectivity index (χ4n) is 2.36. The van der Waals surface area contributed by atoms with Gasteiger partial charge in [-0.15, -0.1) is 0 Å². The Hall–Kier alpha value is -1.78. The van der Waals surface area contributed by atoms with Crippen LogP contribution in [0.3, 0.4) is 0 Å². The van der Waals surface area contributed by atoms with Gasteiger partial charge in [0.25, 0.3) is 0 Å². The molecule has 1 atom stereocenters. The van der Waals surface area contributed by atoms with E-state index in [0.29, 0.717) is 5.88 Å². The van der Waals surface area contributed by atoms with Crippen LogP contribution in [-0.4, -0.2) is 35.2 Å². The molecule has 0 aliphatic carbocycles. The third kappa shape index (κ3) is 3.40. The van der Waals surface area contributed by atoms with Crippen molar-refractivity contribution < 1.29 is 14.3 Å². The Labute approximate surface area is 119 Å². The maximum atomic E-state index is 12.2. The molecular weight excluding hydrogens is 256 g/mol. The van der Waals surface area contributed by atoms with Crippen LogP contribution in [0.15, 0.2) is 18.3 Å². The number of amides is 1. The number of ether oxygens (including phenoxy) is 2. The van der Waals surface area contributed by atoms with E-state index in [9.17, 15) is 4.79 Å². The highest BCUT2D eigenvalue weighted by molar-refractivity contribution is 5.69. The Bertz CT molecular complexity index is 465. The predicted octanol–water partition coefficient (Wildman–Crippen LogP) is 3.16. The molecule has 20 heavy (non-hydrogen) atoms. The van der Waals surface area contributed by atoms with Gasteiger partial charge in [-0.1, -0.05) is 6.07 Å². The van der Waals surface area contributed by atoms with Crippen molar-refractivity contribution in [3.8, 4) is 5.88 Å². The Balaban J connectivity index is 2.12. The zero-order valence-electron chi connectivity index (χ0n) is 12.5. The van der Waals surface area contributed by atoms with Crippen molar-refractivity contribution in [2.24, 2.45) is 0 Å². The molecule has 0 radical (unpaired) electrons. The molecule has 0 aromatic carbocycles. The molecule has 0 spiro atoms. The van der Waals surface area contributed by atoms with E-state index in [1.807, 2.05) is 32.9 Å². The van der Waals surface area contributed by atoms with Gasteiger partial charge >= 0.3 is 6.09 Å². The highest BCUT2D eigenvalue weighted by Crippen LogP contribution is 2.33. The summed E-state index contributed by atoms with van der Waals surface area (Å²) in [4.78, 5) is 18.2. The topological polar surface area (TPSA) is 51.7 Å². The first-order chi connectivity index (χ1) is 9.40. The molecule has 1 fully saturated rings. The van der Waals surface area contributed by atoms with Crippen LogP contribution in [0.2, 0.25) is 0 Å². The number of aromatic nitrogens is 1. The number of likely N-dealkylation sites (tertiary alicyclic amines) is 1. The standard InChI is InChI=1S/C15H22N2O3/c1-15(2,3)20-14(18)17-9-5-6-12(17)11-7-8-13(19-4)16-10-11/h7-8,10,12H,5-6,9H2,1-4H3/t12-/m1/s1. The third-order valence-corrected chi connectivity index (χ3v) is 3.23. The second-order valence-corrected chi connectivity index (χ2v) is 5.97. The SMILES string of the molecule is COc1ccc([C@H]2CCCN2C(=O)OC(C)(C)C)cn1. The number of rotatable bonds is 2. The number of hydrogen-bond acceptors (Lipinski definition) is 4. The van der Waals surface area contributed by atoms with Gasteiger partial charge in [0.15, 0.2) is 0 Å². The molecule has 1 aliphatic heterocycles. The largest absolute Gasteiger partial charge is 0.481 e. The molecule has 1 saturated heterocycles. The Morgan fingerprint density at radius 1 is 1.40 bits per heavy atom. The molecule has 2 heterocycles. The summed E-state index contributed by atoms with van der Waals surface area (Å²) in [6, 6.07) is 3.82. The Kier molecular flexibility index (Phi) is 4.16. The minimum Gasteiger partial charge on any atom is -0.481 e. The van der Waals surface area contributed by atoms with Crippen LogP contribution in [0.25, 0.3) is 0 Å². The van der Waals surface area contributed by atoms with Crippen molar-refractivity contribution >= 4 is 6.09 Å². The number of hydrogen-bond donors (Lipinski definition) is 0. The van der Waals surface area contributed by atoms with Crippen LogP contribution < -0.4 is 4.74 Å². The highest BCUT2D eigenvalue weighted by Gasteiger charge is 2.33. The molecule has 0 unspecified atom stereocenters. The second-order valence-electron chi connectivity index (χ2n) is 5.97. The number of pyridine rings is 1. The predicted molar refractivity (Wildman–Crippen MR) is 75.7 cm³/mol. The summed E-state index contributed by atoms with van der Waals surface area (Å²) in [5.41, 5.74) is 0.553. The van der Waals surface area contributed by atoms with Crippen LogP contribution in [-0.2, 0) is 4.74 Å². The lowest BCUT2D eigenvalue weighted by Crippen LogP contribution is -2.36. The minimum atomic E-state index is -0.470. The molecule has 1 aliphatic rings. The molecule has 1 aromatic heterocycles. The van der Waals surface area contributed by atoms with Crippen molar-refractivity contribution in [2.45, 2.75) is 45.3 Å². The maximum Gasteiger partial charge on any atom is 0.410 e. The van der Waals surface area contributed by atoms with Crippen LogP contribution >= 0.6 is 0 Å². The third-order valence-electron chi connectivity index (χ3n) is 3.23. The van der Waals surface area contributed by atoms with Gasteiger partial charge in [-0.3, -0.25) is 0 Å². The lowest BCUT2D eigenvalue weighted by Gasteiger charge is -2.28. The van der Waals surface area contributed by atoms with Gasteiger partial charge in [0.05, 0.1) is 13.2 Å². The maximum absolute atomic E-state index is 12.2. The summed E-state index contributed by atoms with van der Waals surface area (Å²) < 4.78 is 10.5. The summed E-state index contributed by atoms with van der Waals surface area (Å²) in [5.74, 6) is 0.579. The molecule has 110 valence electrons. The zero-order chi connectivity index (χ0) is 14.8. The van der Waals surface area contributed by atoms with E-state index >= 15 is 0 Å². The fraction of sp³-hybridized carbons (Fsp3) is 0.600. The van der Waals surface area contributed by atoms with Crippen molar-refractivity contribution in [2.75, 3.05) is 13.7 Å². The Morgan fingerprint density at radius 2 is 2.15 bits per heavy atom. The van der Waals surface area contributed by atoms with Crippen molar-refractivity contribution in [3.63, 3.8) is 0 Å². The van der Waals surface area contributed by atoms with E-state index in [-0.39, 0.29) is 12.1 Å². The molecule has 2 rings (SSSR count). The first-order valence-corrected chi connectivity index (χ1v) is 6.90. The van der Waals surface area contributed by atoms with E-state index in [4.69, 9.17) is 9.47 Å². The normalized spacial score (nSPS) is 19.0. The van der Waals surface area contributed by atoms with E-state index in [1.165, 1.54) is 0 Å². The summed E-state index contributed by atoms with van der Waals surface area (Å²) in [5, 5.41) is 0. The summed E-state index contributed by atoms with van der Waals surface area (Å²) in [7, 11) is 1.59. The average Bonchev–Trinajstić information content (AvgIpc) is 2.86. The van der Waals surface area contributed by atoms with Crippen molar-refractivity contribution in [3.05, 3.63) is 23.9 Å². The summed E-state index contributed by atoms with van der Waals surface area (Å²) in [6.45, 7) is 6.37. The lowest BCUT2D eigenvalue weighted by atomic mass is 10.1. The molecular formula is C15H22N2O3. The molecule has 0 N–H and O–H groups in total. The first kappa shape index (κ1) is 14.6. The van der Waals surface area contributed by atoms with Crippen LogP contribution in [0, 0.1) is 0 Å². The monoisotopic (exact) mass is 278 g/mol. The van der Waals surface area contributed by atoms with Crippen molar-refractivity contribution in [1.82, 2.24) is 9.88 Å².